The van der Waals surface area contributed by atoms with Crippen LogP contribution in [-0.4, -0.2) is 54.7 Å². The molecule has 0 unspecified atom stereocenters. The minimum Gasteiger partial charge on any atom is -0.481 e. The lowest BCUT2D eigenvalue weighted by Gasteiger charge is -2.56. The molecule has 1 fully saturated rings. The van der Waals surface area contributed by atoms with E-state index in [1.807, 2.05) is 27.7 Å². The molecule has 5 N–H and O–H groups in total. The van der Waals surface area contributed by atoms with Gasteiger partial charge in [-0.15, -0.1) is 0 Å². The molecule has 2 atom stereocenters. The molecule has 0 aromatic carbocycles. The van der Waals surface area contributed by atoms with Crippen LogP contribution < -0.4 is 16.4 Å². The Balaban J connectivity index is 2.63. The van der Waals surface area contributed by atoms with E-state index in [-0.39, 0.29) is 6.04 Å². The maximum atomic E-state index is 12.2. The molecule has 0 aromatic heterocycles. The van der Waals surface area contributed by atoms with Crippen LogP contribution in [0.5, 0.6) is 0 Å². The number of hydrogen-bond donors (Lipinski definition) is 4. The lowest BCUT2D eigenvalue weighted by atomic mass is 9.89. The van der Waals surface area contributed by atoms with Gasteiger partial charge in [0.2, 0.25) is 11.8 Å². The number of carboxylic acids is 1. The van der Waals surface area contributed by atoms with Gasteiger partial charge in [0.05, 0.1) is 28.0 Å². The Kier molecular flexibility index (Phi) is 5.58. The Morgan fingerprint density at radius 3 is 2.09 bits per heavy atom. The summed E-state index contributed by atoms with van der Waals surface area (Å²) in [5.74, 6) is -2.32. The molecule has 0 aromatic rings. The summed E-state index contributed by atoms with van der Waals surface area (Å²) in [4.78, 5) is 34.5. The summed E-state index contributed by atoms with van der Waals surface area (Å²) in [7, 11) is -1.08. The first-order chi connectivity index (χ1) is 10.3. The first-order valence-electron chi connectivity index (χ1n) is 7.32. The Labute approximate surface area is 138 Å². The van der Waals surface area contributed by atoms with Crippen LogP contribution >= 0.6 is 0 Å². The van der Waals surface area contributed by atoms with Crippen LogP contribution in [0.4, 0.5) is 0 Å². The number of carboxylic acid groups (broad SMARTS) is 1. The molecule has 9 heteroatoms. The monoisotopic (exact) mass is 347 g/mol. The van der Waals surface area contributed by atoms with Crippen molar-refractivity contribution >= 4 is 28.6 Å². The third kappa shape index (κ3) is 3.89. The molecule has 0 saturated carbocycles. The number of rotatable bonds is 6. The zero-order chi connectivity index (χ0) is 18.2. The zero-order valence-electron chi connectivity index (χ0n) is 14.0. The van der Waals surface area contributed by atoms with E-state index in [0.717, 1.165) is 0 Å². The van der Waals surface area contributed by atoms with Gasteiger partial charge < -0.3 is 21.5 Å². The molecule has 1 heterocycles. The van der Waals surface area contributed by atoms with Gasteiger partial charge in [0.25, 0.3) is 0 Å². The molecule has 2 amide bonds. The van der Waals surface area contributed by atoms with E-state index in [4.69, 9.17) is 10.8 Å². The summed E-state index contributed by atoms with van der Waals surface area (Å²) in [6, 6.07) is -2.38. The fraction of sp³-hybridized carbons (Fsp3) is 0.786. The Morgan fingerprint density at radius 2 is 1.65 bits per heavy atom. The van der Waals surface area contributed by atoms with E-state index < -0.39 is 56.6 Å². The minimum atomic E-state index is -1.22. The molecule has 0 spiro atoms. The second-order valence-electron chi connectivity index (χ2n) is 6.85. The minimum absolute atomic E-state index is 0.296. The van der Waals surface area contributed by atoms with Gasteiger partial charge in [-0.3, -0.25) is 18.6 Å². The molecular formula is C14H25N3O5S. The highest BCUT2D eigenvalue weighted by atomic mass is 32.2. The Morgan fingerprint density at radius 1 is 1.17 bits per heavy atom. The standard InChI is InChI=1S/C14H25N3O5S/c1-7(16-11(21)8(15)6-9(18)19)10(20)17-12-13(2,3)23(22)14(12,4)5/h7-8,12H,6,15H2,1-5H3,(H,16,21)(H,17,20)(H,18,19)/t7-,8+,12?,23?/m1/s1. The molecule has 0 aliphatic carbocycles. The quantitative estimate of drug-likeness (QED) is 0.491. The molecule has 0 bridgehead atoms. The van der Waals surface area contributed by atoms with Crippen LogP contribution in [0.1, 0.15) is 41.0 Å². The molecule has 132 valence electrons. The zero-order valence-corrected chi connectivity index (χ0v) is 14.8. The van der Waals surface area contributed by atoms with E-state index in [2.05, 4.69) is 10.6 Å². The predicted molar refractivity (Wildman–Crippen MR) is 86.1 cm³/mol. The van der Waals surface area contributed by atoms with Crippen LogP contribution in [0.2, 0.25) is 0 Å². The van der Waals surface area contributed by atoms with Gasteiger partial charge in [0.1, 0.15) is 6.04 Å². The normalized spacial score (nSPS) is 27.2. The number of nitrogens with two attached hydrogens (primary N) is 1. The summed E-state index contributed by atoms with van der Waals surface area (Å²) in [6.45, 7) is 8.73. The van der Waals surface area contributed by atoms with Crippen molar-refractivity contribution < 1.29 is 23.7 Å². The summed E-state index contributed by atoms with van der Waals surface area (Å²) in [6.07, 6.45) is -0.512. The second kappa shape index (κ2) is 6.56. The van der Waals surface area contributed by atoms with Crippen molar-refractivity contribution in [1.29, 1.82) is 0 Å². The summed E-state index contributed by atoms with van der Waals surface area (Å²) in [5, 5.41) is 13.8. The van der Waals surface area contributed by atoms with E-state index in [0.29, 0.717) is 0 Å². The molecule has 1 aliphatic heterocycles. The first-order valence-corrected chi connectivity index (χ1v) is 8.47. The lowest BCUT2D eigenvalue weighted by Crippen LogP contribution is -2.76. The van der Waals surface area contributed by atoms with Crippen molar-refractivity contribution in [3.63, 3.8) is 0 Å². The van der Waals surface area contributed by atoms with Gasteiger partial charge in [-0.2, -0.15) is 0 Å². The molecule has 1 saturated heterocycles. The van der Waals surface area contributed by atoms with Crippen LogP contribution in [-0.2, 0) is 25.2 Å². The topological polar surface area (TPSA) is 139 Å². The average Bonchev–Trinajstić information content (AvgIpc) is 2.42. The summed E-state index contributed by atoms with van der Waals surface area (Å²) < 4.78 is 11.0. The van der Waals surface area contributed by atoms with Crippen molar-refractivity contribution in [3.8, 4) is 0 Å². The van der Waals surface area contributed by atoms with Crippen molar-refractivity contribution in [3.05, 3.63) is 0 Å². The van der Waals surface area contributed by atoms with Crippen LogP contribution in [0.15, 0.2) is 0 Å². The van der Waals surface area contributed by atoms with Gasteiger partial charge >= 0.3 is 5.97 Å². The molecule has 23 heavy (non-hydrogen) atoms. The SMILES string of the molecule is C[C@@H](NC(=O)[C@@H](N)CC(=O)O)C(=O)NC1C(C)(C)S(=O)C1(C)C. The highest BCUT2D eigenvalue weighted by molar-refractivity contribution is 7.89. The smallest absolute Gasteiger partial charge is 0.305 e. The summed E-state index contributed by atoms with van der Waals surface area (Å²) >= 11 is 0. The van der Waals surface area contributed by atoms with E-state index in [1.165, 1.54) is 6.92 Å². The lowest BCUT2D eigenvalue weighted by molar-refractivity contribution is -0.139. The Bertz CT molecular complexity index is 529. The van der Waals surface area contributed by atoms with Gasteiger partial charge in [-0.25, -0.2) is 0 Å². The highest BCUT2D eigenvalue weighted by Gasteiger charge is 2.61. The van der Waals surface area contributed by atoms with E-state index in [1.54, 1.807) is 0 Å². The predicted octanol–water partition coefficient (Wildman–Crippen LogP) is -0.903. The van der Waals surface area contributed by atoms with Gasteiger partial charge in [0, 0.05) is 10.8 Å². The Hall–Kier alpha value is -1.48. The molecule has 8 nitrogen and oxygen atoms in total. The van der Waals surface area contributed by atoms with Crippen LogP contribution in [0, 0.1) is 0 Å². The average molecular weight is 347 g/mol. The number of nitrogens with one attached hydrogen (secondary N) is 2. The number of amides is 2. The molecule has 0 radical (unpaired) electrons. The van der Waals surface area contributed by atoms with Gasteiger partial charge in [-0.1, -0.05) is 0 Å². The van der Waals surface area contributed by atoms with Crippen molar-refractivity contribution in [2.24, 2.45) is 5.73 Å². The number of hydrogen-bond acceptors (Lipinski definition) is 5. The fourth-order valence-electron chi connectivity index (χ4n) is 2.95. The second-order valence-corrected chi connectivity index (χ2v) is 9.49. The number of carbonyl (C=O) groups excluding carboxylic acids is 2. The van der Waals surface area contributed by atoms with E-state index in [9.17, 15) is 18.6 Å². The van der Waals surface area contributed by atoms with Crippen molar-refractivity contribution in [2.45, 2.75) is 68.7 Å². The molecular weight excluding hydrogens is 322 g/mol. The highest BCUT2D eigenvalue weighted by Crippen LogP contribution is 2.44. The largest absolute Gasteiger partial charge is 0.481 e. The van der Waals surface area contributed by atoms with E-state index >= 15 is 0 Å². The van der Waals surface area contributed by atoms with Gasteiger partial charge in [-0.05, 0) is 34.6 Å². The third-order valence-corrected chi connectivity index (χ3v) is 6.50. The van der Waals surface area contributed by atoms with Crippen molar-refractivity contribution in [2.75, 3.05) is 0 Å². The number of aliphatic carboxylic acids is 1. The van der Waals surface area contributed by atoms with Gasteiger partial charge in [0.15, 0.2) is 0 Å². The maximum Gasteiger partial charge on any atom is 0.305 e. The summed E-state index contributed by atoms with van der Waals surface area (Å²) in [5.41, 5.74) is 5.44. The first kappa shape index (κ1) is 19.6. The van der Waals surface area contributed by atoms with Crippen LogP contribution in [0.25, 0.3) is 0 Å². The molecule has 1 rings (SSSR count). The maximum absolute atomic E-state index is 12.2. The third-order valence-electron chi connectivity index (χ3n) is 4.12. The fourth-order valence-corrected chi connectivity index (χ4v) is 5.26. The number of carbonyl (C=O) groups is 3. The van der Waals surface area contributed by atoms with Crippen LogP contribution in [0.3, 0.4) is 0 Å². The van der Waals surface area contributed by atoms with Crippen molar-refractivity contribution in [1.82, 2.24) is 10.6 Å². The molecule has 1 aliphatic rings.